The monoisotopic (exact) mass is 200 g/mol. The van der Waals surface area contributed by atoms with Crippen molar-refractivity contribution < 1.29 is 14.3 Å². The molecule has 0 radical (unpaired) electrons. The molecule has 0 aliphatic carbocycles. The van der Waals surface area contributed by atoms with Crippen LogP contribution < -0.4 is 5.73 Å². The molecule has 5 nitrogen and oxygen atoms in total. The molecule has 1 heterocycles. The van der Waals surface area contributed by atoms with E-state index in [4.69, 9.17) is 10.5 Å². The zero-order chi connectivity index (χ0) is 10.8. The summed E-state index contributed by atoms with van der Waals surface area (Å²) in [6.07, 6.45) is 0.637. The highest BCUT2D eigenvalue weighted by Gasteiger charge is 2.40. The topological polar surface area (TPSA) is 72.6 Å². The second-order valence-electron chi connectivity index (χ2n) is 3.92. The second-order valence-corrected chi connectivity index (χ2v) is 3.92. The van der Waals surface area contributed by atoms with E-state index in [0.717, 1.165) is 0 Å². The van der Waals surface area contributed by atoms with Gasteiger partial charge in [-0.3, -0.25) is 9.59 Å². The van der Waals surface area contributed by atoms with Crippen LogP contribution >= 0.6 is 0 Å². The van der Waals surface area contributed by atoms with Crippen molar-refractivity contribution in [2.75, 3.05) is 26.8 Å². The molecular formula is C9H16N2O3. The number of ether oxygens (including phenoxy) is 1. The summed E-state index contributed by atoms with van der Waals surface area (Å²) in [5.74, 6) is -0.428. The Kier molecular flexibility index (Phi) is 3.10. The molecule has 5 heteroatoms. The van der Waals surface area contributed by atoms with Gasteiger partial charge in [-0.2, -0.15) is 0 Å². The largest absolute Gasteiger partial charge is 0.375 e. The molecule has 2 amide bonds. The van der Waals surface area contributed by atoms with Crippen LogP contribution in [-0.2, 0) is 14.3 Å². The average molecular weight is 200 g/mol. The van der Waals surface area contributed by atoms with Gasteiger partial charge in [0.1, 0.15) is 6.61 Å². The van der Waals surface area contributed by atoms with Gasteiger partial charge in [-0.1, -0.05) is 0 Å². The van der Waals surface area contributed by atoms with Crippen LogP contribution in [0.1, 0.15) is 13.3 Å². The maximum Gasteiger partial charge on any atom is 0.248 e. The summed E-state index contributed by atoms with van der Waals surface area (Å²) in [5.41, 5.74) is 4.69. The van der Waals surface area contributed by atoms with E-state index in [1.165, 1.54) is 7.11 Å². The lowest BCUT2D eigenvalue weighted by atomic mass is 9.89. The summed E-state index contributed by atoms with van der Waals surface area (Å²) in [6.45, 7) is 2.84. The van der Waals surface area contributed by atoms with Gasteiger partial charge in [0, 0.05) is 20.2 Å². The molecule has 1 aliphatic heterocycles. The molecular weight excluding hydrogens is 184 g/mol. The fraction of sp³-hybridized carbons (Fsp3) is 0.778. The number of carbonyl (C=O) groups excluding carboxylic acids is 2. The Labute approximate surface area is 83.2 Å². The molecule has 1 saturated heterocycles. The predicted octanol–water partition coefficient (Wildman–Crippen LogP) is -0.643. The number of methoxy groups -OCH3 is 1. The lowest BCUT2D eigenvalue weighted by Crippen LogP contribution is -2.39. The number of rotatable bonds is 3. The van der Waals surface area contributed by atoms with Crippen LogP contribution in [0.5, 0.6) is 0 Å². The van der Waals surface area contributed by atoms with E-state index in [1.54, 1.807) is 11.8 Å². The van der Waals surface area contributed by atoms with Gasteiger partial charge in [0.25, 0.3) is 0 Å². The molecule has 0 saturated carbocycles. The Morgan fingerprint density at radius 1 is 1.57 bits per heavy atom. The van der Waals surface area contributed by atoms with E-state index >= 15 is 0 Å². The number of hydrogen-bond donors (Lipinski definition) is 1. The van der Waals surface area contributed by atoms with Crippen LogP contribution in [0.4, 0.5) is 0 Å². The number of carbonyl (C=O) groups is 2. The van der Waals surface area contributed by atoms with E-state index in [-0.39, 0.29) is 18.4 Å². The summed E-state index contributed by atoms with van der Waals surface area (Å²) >= 11 is 0. The minimum Gasteiger partial charge on any atom is -0.375 e. The van der Waals surface area contributed by atoms with Gasteiger partial charge < -0.3 is 15.4 Å². The standard InChI is InChI=1S/C9H16N2O3/c1-9(8(10)13)3-4-11(6-9)7(12)5-14-2/h3-6H2,1-2H3,(H2,10,13). The highest BCUT2D eigenvalue weighted by Crippen LogP contribution is 2.29. The van der Waals surface area contributed by atoms with Gasteiger partial charge in [-0.15, -0.1) is 0 Å². The molecule has 1 atom stereocenters. The second kappa shape index (κ2) is 3.96. The molecule has 0 aromatic heterocycles. The fourth-order valence-electron chi connectivity index (χ4n) is 1.59. The van der Waals surface area contributed by atoms with Crippen molar-refractivity contribution in [3.63, 3.8) is 0 Å². The first-order valence-corrected chi connectivity index (χ1v) is 4.56. The normalized spacial score (nSPS) is 26.6. The highest BCUT2D eigenvalue weighted by atomic mass is 16.5. The van der Waals surface area contributed by atoms with Crippen molar-refractivity contribution in [2.24, 2.45) is 11.1 Å². The first kappa shape index (κ1) is 11.0. The third-order valence-electron chi connectivity index (χ3n) is 2.69. The quantitative estimate of drug-likeness (QED) is 0.658. The minimum absolute atomic E-state index is 0.0643. The van der Waals surface area contributed by atoms with Crippen molar-refractivity contribution in [2.45, 2.75) is 13.3 Å². The van der Waals surface area contributed by atoms with Crippen molar-refractivity contribution >= 4 is 11.8 Å². The van der Waals surface area contributed by atoms with Gasteiger partial charge in [-0.05, 0) is 13.3 Å². The van der Waals surface area contributed by atoms with Crippen LogP contribution in [-0.4, -0.2) is 43.5 Å². The van der Waals surface area contributed by atoms with E-state index in [1.807, 2.05) is 0 Å². The molecule has 1 aliphatic rings. The molecule has 0 bridgehead atoms. The third kappa shape index (κ3) is 2.04. The number of nitrogens with zero attached hydrogens (tertiary/aromatic N) is 1. The number of hydrogen-bond acceptors (Lipinski definition) is 3. The van der Waals surface area contributed by atoms with Gasteiger partial charge in [-0.25, -0.2) is 0 Å². The molecule has 1 unspecified atom stereocenters. The Bertz CT molecular complexity index is 254. The number of nitrogens with two attached hydrogens (primary N) is 1. The van der Waals surface area contributed by atoms with Crippen LogP contribution in [0, 0.1) is 5.41 Å². The summed E-state index contributed by atoms with van der Waals surface area (Å²) < 4.78 is 4.74. The summed E-state index contributed by atoms with van der Waals surface area (Å²) in [6, 6.07) is 0. The molecule has 1 rings (SSSR count). The van der Waals surface area contributed by atoms with Crippen molar-refractivity contribution in [3.8, 4) is 0 Å². The van der Waals surface area contributed by atoms with E-state index in [0.29, 0.717) is 19.5 Å². The number of primary amides is 1. The maximum atomic E-state index is 11.4. The fourth-order valence-corrected chi connectivity index (χ4v) is 1.59. The lowest BCUT2D eigenvalue weighted by molar-refractivity contribution is -0.135. The smallest absolute Gasteiger partial charge is 0.248 e. The Balaban J connectivity index is 2.56. The average Bonchev–Trinajstić information content (AvgIpc) is 2.50. The Morgan fingerprint density at radius 3 is 2.64 bits per heavy atom. The molecule has 0 spiro atoms. The molecule has 0 aromatic carbocycles. The van der Waals surface area contributed by atoms with Crippen LogP contribution in [0.25, 0.3) is 0 Å². The van der Waals surface area contributed by atoms with E-state index < -0.39 is 5.41 Å². The van der Waals surface area contributed by atoms with Gasteiger partial charge >= 0.3 is 0 Å². The lowest BCUT2D eigenvalue weighted by Gasteiger charge is -2.20. The Hall–Kier alpha value is -1.10. The maximum absolute atomic E-state index is 11.4. The van der Waals surface area contributed by atoms with E-state index in [9.17, 15) is 9.59 Å². The minimum atomic E-state index is -0.566. The summed E-state index contributed by atoms with van der Waals surface area (Å²) in [7, 11) is 1.47. The summed E-state index contributed by atoms with van der Waals surface area (Å²) in [4.78, 5) is 24.1. The molecule has 0 aromatic rings. The van der Waals surface area contributed by atoms with Crippen molar-refractivity contribution in [3.05, 3.63) is 0 Å². The molecule has 2 N–H and O–H groups in total. The van der Waals surface area contributed by atoms with Crippen molar-refractivity contribution in [1.29, 1.82) is 0 Å². The zero-order valence-corrected chi connectivity index (χ0v) is 8.58. The van der Waals surface area contributed by atoms with Gasteiger partial charge in [0.2, 0.25) is 11.8 Å². The molecule has 80 valence electrons. The first-order chi connectivity index (χ1) is 6.49. The third-order valence-corrected chi connectivity index (χ3v) is 2.69. The van der Waals surface area contributed by atoms with Crippen LogP contribution in [0.15, 0.2) is 0 Å². The highest BCUT2D eigenvalue weighted by molar-refractivity contribution is 5.84. The first-order valence-electron chi connectivity index (χ1n) is 4.56. The molecule has 14 heavy (non-hydrogen) atoms. The van der Waals surface area contributed by atoms with Gasteiger partial charge in [0.15, 0.2) is 0 Å². The van der Waals surface area contributed by atoms with Crippen LogP contribution in [0.3, 0.4) is 0 Å². The van der Waals surface area contributed by atoms with E-state index in [2.05, 4.69) is 0 Å². The summed E-state index contributed by atoms with van der Waals surface area (Å²) in [5, 5.41) is 0. The predicted molar refractivity (Wildman–Crippen MR) is 50.4 cm³/mol. The SMILES string of the molecule is COCC(=O)N1CCC(C)(C(N)=O)C1. The molecule has 1 fully saturated rings. The number of amides is 2. The Morgan fingerprint density at radius 2 is 2.21 bits per heavy atom. The number of likely N-dealkylation sites (tertiary alicyclic amines) is 1. The van der Waals surface area contributed by atoms with Gasteiger partial charge in [0.05, 0.1) is 5.41 Å². The van der Waals surface area contributed by atoms with Crippen molar-refractivity contribution in [1.82, 2.24) is 4.90 Å². The van der Waals surface area contributed by atoms with Crippen LogP contribution in [0.2, 0.25) is 0 Å². The zero-order valence-electron chi connectivity index (χ0n) is 8.58.